The number of carbonyl (C=O) groups excluding carboxylic acids is 1. The lowest BCUT2D eigenvalue weighted by Gasteiger charge is -2.32. The summed E-state index contributed by atoms with van der Waals surface area (Å²) >= 11 is 1.72. The molecule has 0 aliphatic carbocycles. The minimum atomic E-state index is 0.150. The maximum absolute atomic E-state index is 12.7. The number of carbonyl (C=O) groups is 1. The first-order valence-electron chi connectivity index (χ1n) is 8.05. The van der Waals surface area contributed by atoms with E-state index in [2.05, 4.69) is 22.7 Å². The molecule has 0 spiro atoms. The van der Waals surface area contributed by atoms with Gasteiger partial charge in [0.2, 0.25) is 5.91 Å². The van der Waals surface area contributed by atoms with Crippen molar-refractivity contribution >= 4 is 28.7 Å². The third-order valence-corrected chi connectivity index (χ3v) is 4.79. The number of para-hydroxylation sites is 2. The number of aromatic nitrogens is 2. The van der Waals surface area contributed by atoms with Crippen molar-refractivity contribution in [1.82, 2.24) is 14.5 Å². The van der Waals surface area contributed by atoms with Crippen LogP contribution in [0.4, 0.5) is 0 Å². The third-order valence-electron chi connectivity index (χ3n) is 4.25. The Labute approximate surface area is 141 Å². The van der Waals surface area contributed by atoms with Gasteiger partial charge in [-0.15, -0.1) is 0 Å². The standard InChI is InChI=1S/C17H23N3O2S/c1-3-13-10-19(8-9-22-13)17(21)11-20-15-7-5-4-6-14(15)18-16(20)12-23-2/h4-7,13H,3,8-12H2,1-2H3. The molecule has 1 atom stereocenters. The van der Waals surface area contributed by atoms with Crippen molar-refractivity contribution in [3.63, 3.8) is 0 Å². The van der Waals surface area contributed by atoms with Crippen LogP contribution in [0.3, 0.4) is 0 Å². The van der Waals surface area contributed by atoms with E-state index in [-0.39, 0.29) is 12.0 Å². The number of rotatable bonds is 5. The molecule has 0 N–H and O–H groups in total. The predicted octanol–water partition coefficient (Wildman–Crippen LogP) is 2.54. The highest BCUT2D eigenvalue weighted by atomic mass is 32.2. The summed E-state index contributed by atoms with van der Waals surface area (Å²) < 4.78 is 7.72. The van der Waals surface area contributed by atoms with Crippen molar-refractivity contribution in [3.05, 3.63) is 30.1 Å². The van der Waals surface area contributed by atoms with E-state index in [1.54, 1.807) is 11.8 Å². The Morgan fingerprint density at radius 3 is 3.04 bits per heavy atom. The Balaban J connectivity index is 1.82. The van der Waals surface area contributed by atoms with Gasteiger partial charge in [-0.25, -0.2) is 4.98 Å². The van der Waals surface area contributed by atoms with Gasteiger partial charge >= 0.3 is 0 Å². The second-order valence-electron chi connectivity index (χ2n) is 5.78. The zero-order valence-electron chi connectivity index (χ0n) is 13.7. The number of nitrogens with zero attached hydrogens (tertiary/aromatic N) is 3. The van der Waals surface area contributed by atoms with Gasteiger partial charge in [0.05, 0.1) is 29.5 Å². The van der Waals surface area contributed by atoms with Crippen LogP contribution in [0.5, 0.6) is 0 Å². The van der Waals surface area contributed by atoms with Gasteiger partial charge < -0.3 is 14.2 Å². The molecule has 3 rings (SSSR count). The van der Waals surface area contributed by atoms with Crippen LogP contribution in [0.2, 0.25) is 0 Å². The predicted molar refractivity (Wildman–Crippen MR) is 93.6 cm³/mol. The second-order valence-corrected chi connectivity index (χ2v) is 6.64. The molecule has 0 saturated carbocycles. The Kier molecular flexibility index (Phi) is 5.23. The number of ether oxygens (including phenoxy) is 1. The van der Waals surface area contributed by atoms with Crippen LogP contribution in [0.25, 0.3) is 11.0 Å². The molecule has 1 amide bonds. The van der Waals surface area contributed by atoms with Crippen molar-refractivity contribution < 1.29 is 9.53 Å². The zero-order chi connectivity index (χ0) is 16.2. The van der Waals surface area contributed by atoms with Gasteiger partial charge in [0.15, 0.2) is 0 Å². The van der Waals surface area contributed by atoms with Crippen molar-refractivity contribution in [1.29, 1.82) is 0 Å². The van der Waals surface area contributed by atoms with Gasteiger partial charge in [-0.3, -0.25) is 4.79 Å². The minimum Gasteiger partial charge on any atom is -0.375 e. The normalized spacial score (nSPS) is 18.5. The molecule has 1 fully saturated rings. The quantitative estimate of drug-likeness (QED) is 0.844. The molecular formula is C17H23N3O2S. The van der Waals surface area contributed by atoms with Crippen molar-refractivity contribution in [2.24, 2.45) is 0 Å². The molecular weight excluding hydrogens is 310 g/mol. The number of morpholine rings is 1. The second kappa shape index (κ2) is 7.36. The maximum atomic E-state index is 12.7. The number of fused-ring (bicyclic) bond motifs is 1. The van der Waals surface area contributed by atoms with E-state index in [4.69, 9.17) is 4.74 Å². The summed E-state index contributed by atoms with van der Waals surface area (Å²) in [5.74, 6) is 1.92. The van der Waals surface area contributed by atoms with Crippen LogP contribution in [0.15, 0.2) is 24.3 Å². The Morgan fingerprint density at radius 2 is 2.26 bits per heavy atom. The smallest absolute Gasteiger partial charge is 0.242 e. The van der Waals surface area contributed by atoms with E-state index in [0.717, 1.165) is 29.0 Å². The lowest BCUT2D eigenvalue weighted by Crippen LogP contribution is -2.46. The van der Waals surface area contributed by atoms with Gasteiger partial charge in [0, 0.05) is 13.1 Å². The molecule has 0 radical (unpaired) electrons. The molecule has 2 heterocycles. The summed E-state index contributed by atoms with van der Waals surface area (Å²) in [5, 5.41) is 0. The van der Waals surface area contributed by atoms with Crippen LogP contribution >= 0.6 is 11.8 Å². The van der Waals surface area contributed by atoms with Gasteiger partial charge in [0.1, 0.15) is 12.4 Å². The molecule has 2 aromatic rings. The molecule has 23 heavy (non-hydrogen) atoms. The molecule has 1 aromatic carbocycles. The highest BCUT2D eigenvalue weighted by Gasteiger charge is 2.24. The number of benzene rings is 1. The molecule has 0 bridgehead atoms. The SMILES string of the molecule is CCC1CN(C(=O)Cn2c(CSC)nc3ccccc32)CCO1. The van der Waals surface area contributed by atoms with E-state index in [1.165, 1.54) is 0 Å². The number of amides is 1. The summed E-state index contributed by atoms with van der Waals surface area (Å²) in [6.45, 7) is 4.46. The fourth-order valence-electron chi connectivity index (χ4n) is 2.97. The average Bonchev–Trinajstić information content (AvgIpc) is 2.93. The molecule has 1 unspecified atom stereocenters. The van der Waals surface area contributed by atoms with Crippen molar-refractivity contribution in [3.8, 4) is 0 Å². The van der Waals surface area contributed by atoms with E-state index in [1.807, 2.05) is 29.2 Å². The Morgan fingerprint density at radius 1 is 1.43 bits per heavy atom. The first-order valence-corrected chi connectivity index (χ1v) is 9.44. The lowest BCUT2D eigenvalue weighted by molar-refractivity contribution is -0.139. The molecule has 124 valence electrons. The van der Waals surface area contributed by atoms with E-state index < -0.39 is 0 Å². The van der Waals surface area contributed by atoms with Crippen LogP contribution < -0.4 is 0 Å². The molecule has 1 saturated heterocycles. The molecule has 1 aliphatic heterocycles. The highest BCUT2D eigenvalue weighted by molar-refractivity contribution is 7.97. The first kappa shape index (κ1) is 16.3. The van der Waals surface area contributed by atoms with Crippen LogP contribution in [0.1, 0.15) is 19.2 Å². The summed E-state index contributed by atoms with van der Waals surface area (Å²) in [6, 6.07) is 8.02. The summed E-state index contributed by atoms with van der Waals surface area (Å²) in [6.07, 6.45) is 3.16. The van der Waals surface area contributed by atoms with Crippen LogP contribution in [-0.4, -0.2) is 52.4 Å². The highest BCUT2D eigenvalue weighted by Crippen LogP contribution is 2.19. The monoisotopic (exact) mass is 333 g/mol. The number of imidazole rings is 1. The van der Waals surface area contributed by atoms with Gasteiger partial charge in [0.25, 0.3) is 0 Å². The third kappa shape index (κ3) is 3.53. The summed E-state index contributed by atoms with van der Waals surface area (Å²) in [5.41, 5.74) is 1.99. The lowest BCUT2D eigenvalue weighted by atomic mass is 10.2. The van der Waals surface area contributed by atoms with E-state index >= 15 is 0 Å². The van der Waals surface area contributed by atoms with Gasteiger partial charge in [-0.05, 0) is 24.8 Å². The van der Waals surface area contributed by atoms with Crippen molar-refractivity contribution in [2.45, 2.75) is 31.7 Å². The molecule has 5 nitrogen and oxygen atoms in total. The Hall–Kier alpha value is -1.53. The summed E-state index contributed by atoms with van der Waals surface area (Å²) in [4.78, 5) is 19.3. The fraction of sp³-hybridized carbons (Fsp3) is 0.529. The van der Waals surface area contributed by atoms with Gasteiger partial charge in [-0.2, -0.15) is 11.8 Å². The number of thioether (sulfide) groups is 1. The van der Waals surface area contributed by atoms with Crippen molar-refractivity contribution in [2.75, 3.05) is 26.0 Å². The van der Waals surface area contributed by atoms with Crippen LogP contribution in [-0.2, 0) is 21.8 Å². The van der Waals surface area contributed by atoms with E-state index in [9.17, 15) is 4.79 Å². The number of hydrogen-bond acceptors (Lipinski definition) is 4. The van der Waals surface area contributed by atoms with E-state index in [0.29, 0.717) is 26.2 Å². The fourth-order valence-corrected chi connectivity index (χ4v) is 3.45. The Bertz CT molecular complexity index is 686. The summed E-state index contributed by atoms with van der Waals surface area (Å²) in [7, 11) is 0. The zero-order valence-corrected chi connectivity index (χ0v) is 14.5. The largest absolute Gasteiger partial charge is 0.375 e. The topological polar surface area (TPSA) is 47.4 Å². The molecule has 1 aromatic heterocycles. The van der Waals surface area contributed by atoms with Crippen LogP contribution in [0, 0.1) is 0 Å². The minimum absolute atomic E-state index is 0.150. The number of hydrogen-bond donors (Lipinski definition) is 0. The maximum Gasteiger partial charge on any atom is 0.242 e. The first-order chi connectivity index (χ1) is 11.2. The molecule has 1 aliphatic rings. The van der Waals surface area contributed by atoms with Gasteiger partial charge in [-0.1, -0.05) is 19.1 Å². The molecule has 6 heteroatoms. The average molecular weight is 333 g/mol.